The maximum absolute atomic E-state index is 13.1. The van der Waals surface area contributed by atoms with E-state index in [4.69, 9.17) is 0 Å². The van der Waals surface area contributed by atoms with Gasteiger partial charge in [0.1, 0.15) is 5.82 Å². The SMILES string of the molecule is O=C(c1ccc(N2CCCS2(=O)=O)cc1)N(Cc1ccc(F)cc1)C1CC1. The molecule has 142 valence electrons. The third-order valence-corrected chi connectivity index (χ3v) is 6.89. The second-order valence-electron chi connectivity index (χ2n) is 7.08. The van der Waals surface area contributed by atoms with Crippen molar-refractivity contribution >= 4 is 21.6 Å². The smallest absolute Gasteiger partial charge is 0.254 e. The highest BCUT2D eigenvalue weighted by atomic mass is 32.2. The molecule has 0 radical (unpaired) electrons. The van der Waals surface area contributed by atoms with E-state index >= 15 is 0 Å². The van der Waals surface area contributed by atoms with Crippen LogP contribution in [0.2, 0.25) is 0 Å². The minimum absolute atomic E-state index is 0.0855. The Morgan fingerprint density at radius 2 is 1.74 bits per heavy atom. The quantitative estimate of drug-likeness (QED) is 0.791. The van der Waals surface area contributed by atoms with Gasteiger partial charge in [-0.2, -0.15) is 0 Å². The molecule has 1 saturated heterocycles. The molecular weight excluding hydrogens is 367 g/mol. The first-order valence-corrected chi connectivity index (χ1v) is 10.7. The van der Waals surface area contributed by atoms with Crippen LogP contribution >= 0.6 is 0 Å². The van der Waals surface area contributed by atoms with Crippen LogP contribution < -0.4 is 4.31 Å². The van der Waals surface area contributed by atoms with E-state index in [0.717, 1.165) is 18.4 Å². The number of anilines is 1. The van der Waals surface area contributed by atoms with Crippen LogP contribution in [0.15, 0.2) is 48.5 Å². The summed E-state index contributed by atoms with van der Waals surface area (Å²) in [5.74, 6) is -0.214. The molecular formula is C20H21FN2O3S. The van der Waals surface area contributed by atoms with E-state index in [1.54, 1.807) is 36.4 Å². The van der Waals surface area contributed by atoms with Crippen LogP contribution in [0.5, 0.6) is 0 Å². The second-order valence-corrected chi connectivity index (χ2v) is 9.09. The number of hydrogen-bond donors (Lipinski definition) is 0. The molecule has 0 unspecified atom stereocenters. The van der Waals surface area contributed by atoms with Crippen molar-refractivity contribution in [3.05, 3.63) is 65.5 Å². The average Bonchev–Trinajstić information content (AvgIpc) is 3.43. The van der Waals surface area contributed by atoms with Crippen molar-refractivity contribution in [2.24, 2.45) is 0 Å². The van der Waals surface area contributed by atoms with Crippen molar-refractivity contribution in [2.75, 3.05) is 16.6 Å². The maximum Gasteiger partial charge on any atom is 0.254 e. The van der Waals surface area contributed by atoms with Gasteiger partial charge in [-0.1, -0.05) is 12.1 Å². The minimum Gasteiger partial charge on any atom is -0.331 e. The van der Waals surface area contributed by atoms with Gasteiger partial charge in [-0.15, -0.1) is 0 Å². The van der Waals surface area contributed by atoms with E-state index in [1.165, 1.54) is 16.4 Å². The number of hydrogen-bond acceptors (Lipinski definition) is 3. The summed E-state index contributed by atoms with van der Waals surface area (Å²) in [7, 11) is -3.23. The molecule has 2 fully saturated rings. The Bertz CT molecular complexity index is 938. The van der Waals surface area contributed by atoms with Crippen LogP contribution in [0.3, 0.4) is 0 Å². The van der Waals surface area contributed by atoms with Gasteiger partial charge < -0.3 is 4.90 Å². The molecule has 1 aliphatic heterocycles. The molecule has 0 N–H and O–H groups in total. The zero-order valence-electron chi connectivity index (χ0n) is 14.8. The molecule has 27 heavy (non-hydrogen) atoms. The number of nitrogens with zero attached hydrogens (tertiary/aromatic N) is 2. The van der Waals surface area contributed by atoms with Crippen molar-refractivity contribution < 1.29 is 17.6 Å². The highest BCUT2D eigenvalue weighted by molar-refractivity contribution is 7.93. The molecule has 1 amide bonds. The Balaban J connectivity index is 1.52. The fourth-order valence-corrected chi connectivity index (χ4v) is 4.97. The first kappa shape index (κ1) is 18.0. The summed E-state index contributed by atoms with van der Waals surface area (Å²) >= 11 is 0. The lowest BCUT2D eigenvalue weighted by molar-refractivity contribution is 0.0730. The Labute approximate surface area is 158 Å². The molecule has 2 aliphatic rings. The number of benzene rings is 2. The fraction of sp³-hybridized carbons (Fsp3) is 0.350. The molecule has 0 aromatic heterocycles. The lowest BCUT2D eigenvalue weighted by Crippen LogP contribution is -2.32. The summed E-state index contributed by atoms with van der Waals surface area (Å²) < 4.78 is 38.6. The van der Waals surface area contributed by atoms with Crippen molar-refractivity contribution in [1.82, 2.24) is 4.90 Å². The first-order valence-electron chi connectivity index (χ1n) is 9.10. The van der Waals surface area contributed by atoms with Crippen LogP contribution in [0.4, 0.5) is 10.1 Å². The van der Waals surface area contributed by atoms with E-state index in [-0.39, 0.29) is 23.5 Å². The molecule has 7 heteroatoms. The van der Waals surface area contributed by atoms with Crippen LogP contribution in [-0.2, 0) is 16.6 Å². The molecule has 5 nitrogen and oxygen atoms in total. The molecule has 2 aromatic rings. The zero-order chi connectivity index (χ0) is 19.0. The maximum atomic E-state index is 13.1. The highest BCUT2D eigenvalue weighted by Gasteiger charge is 2.33. The minimum atomic E-state index is -3.23. The largest absolute Gasteiger partial charge is 0.331 e. The summed E-state index contributed by atoms with van der Waals surface area (Å²) in [4.78, 5) is 14.8. The third kappa shape index (κ3) is 3.83. The van der Waals surface area contributed by atoms with Gasteiger partial charge in [-0.25, -0.2) is 12.8 Å². The summed E-state index contributed by atoms with van der Waals surface area (Å²) in [6.45, 7) is 0.917. The van der Waals surface area contributed by atoms with Gasteiger partial charge in [0.25, 0.3) is 5.91 Å². The predicted molar refractivity (Wildman–Crippen MR) is 101 cm³/mol. The lowest BCUT2D eigenvalue weighted by Gasteiger charge is -2.23. The molecule has 4 rings (SSSR count). The molecule has 0 atom stereocenters. The van der Waals surface area contributed by atoms with Gasteiger partial charge in [0.15, 0.2) is 0 Å². The first-order chi connectivity index (χ1) is 12.9. The number of carbonyl (C=O) groups excluding carboxylic acids is 1. The van der Waals surface area contributed by atoms with E-state index in [1.807, 2.05) is 4.90 Å². The fourth-order valence-electron chi connectivity index (χ4n) is 3.41. The van der Waals surface area contributed by atoms with Gasteiger partial charge in [-0.3, -0.25) is 9.10 Å². The van der Waals surface area contributed by atoms with Crippen molar-refractivity contribution in [2.45, 2.75) is 31.8 Å². The average molecular weight is 388 g/mol. The van der Waals surface area contributed by atoms with Gasteiger partial charge >= 0.3 is 0 Å². The normalized spacial score (nSPS) is 18.5. The van der Waals surface area contributed by atoms with Crippen LogP contribution in [-0.4, -0.2) is 37.6 Å². The van der Waals surface area contributed by atoms with Crippen molar-refractivity contribution in [3.8, 4) is 0 Å². The lowest BCUT2D eigenvalue weighted by atomic mass is 10.1. The Morgan fingerprint density at radius 1 is 1.07 bits per heavy atom. The van der Waals surface area contributed by atoms with Crippen molar-refractivity contribution in [3.63, 3.8) is 0 Å². The van der Waals surface area contributed by atoms with E-state index < -0.39 is 10.0 Å². The summed E-state index contributed by atoms with van der Waals surface area (Å²) in [5.41, 5.74) is 2.02. The van der Waals surface area contributed by atoms with Crippen molar-refractivity contribution in [1.29, 1.82) is 0 Å². The standard InChI is InChI=1S/C20H21FN2O3S/c21-17-6-2-15(3-7-17)14-22(18-10-11-18)20(24)16-4-8-19(9-5-16)23-12-1-13-27(23,25)26/h2-9,18H,1,10-14H2. The van der Waals surface area contributed by atoms with E-state index in [2.05, 4.69) is 0 Å². The third-order valence-electron chi connectivity index (χ3n) is 5.02. The van der Waals surface area contributed by atoms with Gasteiger partial charge in [0.05, 0.1) is 11.4 Å². The monoisotopic (exact) mass is 388 g/mol. The summed E-state index contributed by atoms with van der Waals surface area (Å²) in [6, 6.07) is 13.2. The molecule has 0 bridgehead atoms. The number of rotatable bonds is 5. The number of amides is 1. The second kappa shape index (κ2) is 6.96. The van der Waals surface area contributed by atoms with Gasteiger partial charge in [0.2, 0.25) is 10.0 Å². The highest BCUT2D eigenvalue weighted by Crippen LogP contribution is 2.31. The molecule has 1 saturated carbocycles. The Kier molecular flexibility index (Phi) is 4.63. The van der Waals surface area contributed by atoms with Crippen LogP contribution in [0.25, 0.3) is 0 Å². The number of carbonyl (C=O) groups is 1. The number of sulfonamides is 1. The number of halogens is 1. The van der Waals surface area contributed by atoms with Gasteiger partial charge in [-0.05, 0) is 61.2 Å². The predicted octanol–water partition coefficient (Wildman–Crippen LogP) is 3.17. The van der Waals surface area contributed by atoms with E-state index in [0.29, 0.717) is 30.8 Å². The molecule has 2 aromatic carbocycles. The zero-order valence-corrected chi connectivity index (χ0v) is 15.7. The van der Waals surface area contributed by atoms with Crippen LogP contribution in [0, 0.1) is 5.82 Å². The molecule has 0 spiro atoms. The molecule has 1 aliphatic carbocycles. The Morgan fingerprint density at radius 3 is 2.30 bits per heavy atom. The topological polar surface area (TPSA) is 57.7 Å². The van der Waals surface area contributed by atoms with Gasteiger partial charge in [0, 0.05) is 24.7 Å². The summed E-state index contributed by atoms with van der Waals surface area (Å²) in [6.07, 6.45) is 2.56. The summed E-state index contributed by atoms with van der Waals surface area (Å²) in [5, 5.41) is 0. The molecule has 1 heterocycles. The van der Waals surface area contributed by atoms with E-state index in [9.17, 15) is 17.6 Å². The van der Waals surface area contributed by atoms with Crippen LogP contribution in [0.1, 0.15) is 35.2 Å². The Hall–Kier alpha value is -2.41.